The first-order valence-electron chi connectivity index (χ1n) is 7.26. The minimum atomic E-state index is -0.308. The minimum absolute atomic E-state index is 0.308. The van der Waals surface area contributed by atoms with Crippen LogP contribution >= 0.6 is 11.3 Å². The zero-order valence-electron chi connectivity index (χ0n) is 12.7. The molecular weight excluding hydrogens is 308 g/mol. The number of benzene rings is 2. The minimum Gasteiger partial charge on any atom is -0.462 e. The summed E-state index contributed by atoms with van der Waals surface area (Å²) in [6, 6.07) is 15.4. The molecule has 0 aliphatic carbocycles. The summed E-state index contributed by atoms with van der Waals surface area (Å²) in [5, 5.41) is 2.48. The molecule has 0 unspecified atom stereocenters. The smallest absolute Gasteiger partial charge is 0.338 e. The molecule has 3 rings (SSSR count). The molecule has 0 radical (unpaired) electrons. The van der Waals surface area contributed by atoms with Crippen molar-refractivity contribution in [3.05, 3.63) is 59.5 Å². The summed E-state index contributed by atoms with van der Waals surface area (Å²) in [6.45, 7) is 2.16. The van der Waals surface area contributed by atoms with E-state index in [-0.39, 0.29) is 5.97 Å². The first kappa shape index (κ1) is 15.2. The van der Waals surface area contributed by atoms with E-state index in [0.717, 1.165) is 22.4 Å². The lowest BCUT2D eigenvalue weighted by molar-refractivity contribution is 0.0526. The summed E-state index contributed by atoms with van der Waals surface area (Å²) in [6.07, 6.45) is 0. The third kappa shape index (κ3) is 3.40. The van der Waals surface area contributed by atoms with E-state index in [1.54, 1.807) is 13.0 Å². The van der Waals surface area contributed by atoms with E-state index in [1.807, 2.05) is 47.8 Å². The Labute approximate surface area is 138 Å². The van der Waals surface area contributed by atoms with Crippen LogP contribution in [0.5, 0.6) is 0 Å². The van der Waals surface area contributed by atoms with Crippen LogP contribution in [0.3, 0.4) is 0 Å². The SMILES string of the molecule is CCOC(=O)c1cccc(-c2cccc(-c3csc(N)n3)c2)c1. The molecule has 0 bridgehead atoms. The molecule has 23 heavy (non-hydrogen) atoms. The van der Waals surface area contributed by atoms with Crippen molar-refractivity contribution in [2.24, 2.45) is 0 Å². The summed E-state index contributed by atoms with van der Waals surface area (Å²) >= 11 is 1.42. The number of rotatable bonds is 4. The number of thiazole rings is 1. The molecule has 0 aliphatic rings. The number of aromatic nitrogens is 1. The zero-order chi connectivity index (χ0) is 16.2. The molecule has 1 aromatic heterocycles. The Hall–Kier alpha value is -2.66. The van der Waals surface area contributed by atoms with Gasteiger partial charge in [0.05, 0.1) is 17.9 Å². The number of hydrogen-bond acceptors (Lipinski definition) is 5. The standard InChI is InChI=1S/C18H16N2O2S/c1-2-22-17(21)15-8-4-6-13(10-15)12-5-3-7-14(9-12)16-11-23-18(19)20-16/h3-11H,2H2,1H3,(H2,19,20). The van der Waals surface area contributed by atoms with Crippen molar-refractivity contribution in [2.75, 3.05) is 12.3 Å². The monoisotopic (exact) mass is 324 g/mol. The fourth-order valence-electron chi connectivity index (χ4n) is 2.32. The maximum atomic E-state index is 11.9. The topological polar surface area (TPSA) is 65.2 Å². The van der Waals surface area contributed by atoms with E-state index in [9.17, 15) is 4.79 Å². The molecule has 116 valence electrons. The summed E-state index contributed by atoms with van der Waals surface area (Å²) in [5.74, 6) is -0.308. The van der Waals surface area contributed by atoms with E-state index >= 15 is 0 Å². The van der Waals surface area contributed by atoms with E-state index in [0.29, 0.717) is 17.3 Å². The molecule has 0 atom stereocenters. The maximum absolute atomic E-state index is 11.9. The predicted molar refractivity (Wildman–Crippen MR) is 93.4 cm³/mol. The molecule has 5 heteroatoms. The van der Waals surface area contributed by atoms with Crippen molar-refractivity contribution < 1.29 is 9.53 Å². The van der Waals surface area contributed by atoms with Crippen LogP contribution in [0.15, 0.2) is 53.9 Å². The van der Waals surface area contributed by atoms with E-state index < -0.39 is 0 Å². The van der Waals surface area contributed by atoms with Crippen molar-refractivity contribution in [3.63, 3.8) is 0 Å². The molecule has 0 amide bonds. The molecule has 3 aromatic rings. The van der Waals surface area contributed by atoms with Gasteiger partial charge in [-0.3, -0.25) is 0 Å². The number of carbonyl (C=O) groups excluding carboxylic acids is 1. The third-order valence-electron chi connectivity index (χ3n) is 3.39. The summed E-state index contributed by atoms with van der Waals surface area (Å²) in [4.78, 5) is 16.2. The molecule has 0 spiro atoms. The Morgan fingerprint density at radius 2 is 1.83 bits per heavy atom. The lowest BCUT2D eigenvalue weighted by atomic mass is 10.0. The summed E-state index contributed by atoms with van der Waals surface area (Å²) < 4.78 is 5.05. The summed E-state index contributed by atoms with van der Waals surface area (Å²) in [7, 11) is 0. The van der Waals surface area contributed by atoms with Gasteiger partial charge < -0.3 is 10.5 Å². The van der Waals surface area contributed by atoms with Crippen molar-refractivity contribution in [3.8, 4) is 22.4 Å². The largest absolute Gasteiger partial charge is 0.462 e. The van der Waals surface area contributed by atoms with Gasteiger partial charge >= 0.3 is 5.97 Å². The van der Waals surface area contributed by atoms with Crippen LogP contribution < -0.4 is 5.73 Å². The van der Waals surface area contributed by atoms with Gasteiger partial charge in [-0.25, -0.2) is 9.78 Å². The normalized spacial score (nSPS) is 10.5. The molecule has 1 heterocycles. The Bertz CT molecular complexity index is 842. The average Bonchev–Trinajstić information content (AvgIpc) is 3.02. The van der Waals surface area contributed by atoms with Crippen molar-refractivity contribution in [2.45, 2.75) is 6.92 Å². The zero-order valence-corrected chi connectivity index (χ0v) is 13.5. The molecule has 2 aromatic carbocycles. The second kappa shape index (κ2) is 6.62. The molecule has 2 N–H and O–H groups in total. The van der Waals surface area contributed by atoms with Crippen molar-refractivity contribution in [1.29, 1.82) is 0 Å². The average molecular weight is 324 g/mol. The lowest BCUT2D eigenvalue weighted by Gasteiger charge is -2.07. The quantitative estimate of drug-likeness (QED) is 0.729. The first-order valence-corrected chi connectivity index (χ1v) is 8.14. The number of nitrogens with two attached hydrogens (primary N) is 1. The molecule has 0 saturated heterocycles. The van der Waals surface area contributed by atoms with Gasteiger partial charge in [-0.1, -0.05) is 30.3 Å². The van der Waals surface area contributed by atoms with Crippen LogP contribution in [0.1, 0.15) is 17.3 Å². The van der Waals surface area contributed by atoms with Gasteiger partial charge in [-0.05, 0) is 36.2 Å². The number of anilines is 1. The van der Waals surface area contributed by atoms with E-state index in [1.165, 1.54) is 11.3 Å². The van der Waals surface area contributed by atoms with Gasteiger partial charge in [0.15, 0.2) is 5.13 Å². The highest BCUT2D eigenvalue weighted by Gasteiger charge is 2.09. The lowest BCUT2D eigenvalue weighted by Crippen LogP contribution is -2.04. The highest BCUT2D eigenvalue weighted by Crippen LogP contribution is 2.28. The molecule has 0 aliphatic heterocycles. The van der Waals surface area contributed by atoms with Gasteiger partial charge in [-0.2, -0.15) is 0 Å². The Morgan fingerprint density at radius 1 is 1.13 bits per heavy atom. The Morgan fingerprint density at radius 3 is 2.52 bits per heavy atom. The number of ether oxygens (including phenoxy) is 1. The van der Waals surface area contributed by atoms with Crippen LogP contribution in [0, 0.1) is 0 Å². The fourth-order valence-corrected chi connectivity index (χ4v) is 2.89. The highest BCUT2D eigenvalue weighted by molar-refractivity contribution is 7.13. The molecule has 4 nitrogen and oxygen atoms in total. The van der Waals surface area contributed by atoms with E-state index in [4.69, 9.17) is 10.5 Å². The second-order valence-electron chi connectivity index (χ2n) is 4.95. The van der Waals surface area contributed by atoms with Crippen LogP contribution in [-0.4, -0.2) is 17.6 Å². The maximum Gasteiger partial charge on any atom is 0.338 e. The van der Waals surface area contributed by atoms with Gasteiger partial charge in [-0.15, -0.1) is 11.3 Å². The van der Waals surface area contributed by atoms with Crippen LogP contribution in [0.4, 0.5) is 5.13 Å². The van der Waals surface area contributed by atoms with Gasteiger partial charge in [0.1, 0.15) is 0 Å². The van der Waals surface area contributed by atoms with Gasteiger partial charge in [0.2, 0.25) is 0 Å². The predicted octanol–water partition coefficient (Wildman–Crippen LogP) is 4.24. The number of nitrogens with zero attached hydrogens (tertiary/aromatic N) is 1. The second-order valence-corrected chi connectivity index (χ2v) is 5.84. The van der Waals surface area contributed by atoms with Crippen LogP contribution in [-0.2, 0) is 4.74 Å². The molecular formula is C18H16N2O2S. The number of esters is 1. The van der Waals surface area contributed by atoms with E-state index in [2.05, 4.69) is 4.98 Å². The highest BCUT2D eigenvalue weighted by atomic mass is 32.1. The number of carbonyl (C=O) groups is 1. The first-order chi connectivity index (χ1) is 11.2. The van der Waals surface area contributed by atoms with Crippen molar-refractivity contribution in [1.82, 2.24) is 4.98 Å². The van der Waals surface area contributed by atoms with Crippen LogP contribution in [0.2, 0.25) is 0 Å². The van der Waals surface area contributed by atoms with Gasteiger partial charge in [0.25, 0.3) is 0 Å². The fraction of sp³-hybridized carbons (Fsp3) is 0.111. The number of nitrogen functional groups attached to an aromatic ring is 1. The molecule has 0 saturated carbocycles. The Kier molecular flexibility index (Phi) is 4.39. The van der Waals surface area contributed by atoms with Crippen molar-refractivity contribution >= 4 is 22.4 Å². The molecule has 0 fully saturated rings. The van der Waals surface area contributed by atoms with Gasteiger partial charge in [0, 0.05) is 10.9 Å². The third-order valence-corrected chi connectivity index (χ3v) is 4.06. The number of hydrogen-bond donors (Lipinski definition) is 1. The Balaban J connectivity index is 1.96. The summed E-state index contributed by atoms with van der Waals surface area (Å²) in [5.41, 5.74) is 10.1. The van der Waals surface area contributed by atoms with Crippen LogP contribution in [0.25, 0.3) is 22.4 Å².